The van der Waals surface area contributed by atoms with Crippen LogP contribution in [-0.4, -0.2) is 9.97 Å². The van der Waals surface area contributed by atoms with E-state index in [9.17, 15) is 4.79 Å². The Morgan fingerprint density at radius 3 is 3.31 bits per heavy atom. The van der Waals surface area contributed by atoms with E-state index in [0.717, 1.165) is 17.7 Å². The van der Waals surface area contributed by atoms with Crippen molar-refractivity contribution >= 4 is 5.57 Å². The first-order chi connectivity index (χ1) is 6.33. The van der Waals surface area contributed by atoms with E-state index in [1.165, 1.54) is 6.33 Å². The van der Waals surface area contributed by atoms with Crippen LogP contribution < -0.4 is 5.56 Å². The number of nitrogens with one attached hydrogen (secondary N) is 1. The summed E-state index contributed by atoms with van der Waals surface area (Å²) in [6.45, 7) is 2.33. The average molecular weight is 178 g/mol. The van der Waals surface area contributed by atoms with E-state index in [-0.39, 0.29) is 5.56 Å². The smallest absolute Gasteiger partial charge is 0.257 e. The zero-order chi connectivity index (χ0) is 9.26. The Kier molecular flexibility index (Phi) is 1.88. The van der Waals surface area contributed by atoms with Crippen LogP contribution in [-0.2, 0) is 11.3 Å². The molecule has 0 amide bonds. The molecule has 0 saturated heterocycles. The molecular formula is C9H10N2O2. The molecular weight excluding hydrogens is 168 g/mol. The first-order valence-electron chi connectivity index (χ1n) is 4.20. The molecule has 0 atom stereocenters. The first-order valence-corrected chi connectivity index (χ1v) is 4.20. The Balaban J connectivity index is 2.62. The summed E-state index contributed by atoms with van der Waals surface area (Å²) in [4.78, 5) is 18.0. The third-order valence-corrected chi connectivity index (χ3v) is 2.09. The number of H-pyrrole nitrogens is 1. The van der Waals surface area contributed by atoms with Gasteiger partial charge in [-0.15, -0.1) is 0 Å². The second-order valence-electron chi connectivity index (χ2n) is 2.87. The van der Waals surface area contributed by atoms with Crippen molar-refractivity contribution in [3.05, 3.63) is 34.2 Å². The van der Waals surface area contributed by atoms with E-state index in [4.69, 9.17) is 4.74 Å². The lowest BCUT2D eigenvalue weighted by molar-refractivity contribution is 0.229. The van der Waals surface area contributed by atoms with E-state index in [2.05, 4.69) is 9.97 Å². The monoisotopic (exact) mass is 178 g/mol. The van der Waals surface area contributed by atoms with Gasteiger partial charge in [0, 0.05) is 5.57 Å². The zero-order valence-corrected chi connectivity index (χ0v) is 7.33. The summed E-state index contributed by atoms with van der Waals surface area (Å²) in [5.41, 5.74) is 2.27. The summed E-state index contributed by atoms with van der Waals surface area (Å²) in [5, 5.41) is 0. The minimum absolute atomic E-state index is 0.107. The Morgan fingerprint density at radius 2 is 2.54 bits per heavy atom. The molecule has 0 spiro atoms. The molecule has 1 N–H and O–H groups in total. The summed E-state index contributed by atoms with van der Waals surface area (Å²) < 4.78 is 5.16. The molecule has 0 aromatic carbocycles. The maximum absolute atomic E-state index is 11.3. The number of nitrogens with zero attached hydrogens (tertiary/aromatic N) is 1. The van der Waals surface area contributed by atoms with Crippen LogP contribution in [0.25, 0.3) is 5.57 Å². The van der Waals surface area contributed by atoms with Gasteiger partial charge in [0.15, 0.2) is 0 Å². The molecule has 2 rings (SSSR count). The van der Waals surface area contributed by atoms with Crippen LogP contribution in [0.3, 0.4) is 0 Å². The molecule has 0 saturated carbocycles. The van der Waals surface area contributed by atoms with Crippen LogP contribution in [0.5, 0.6) is 0 Å². The Labute approximate surface area is 75.3 Å². The van der Waals surface area contributed by atoms with Crippen molar-refractivity contribution in [1.82, 2.24) is 9.97 Å². The van der Waals surface area contributed by atoms with Gasteiger partial charge in [0.1, 0.15) is 6.61 Å². The molecule has 4 nitrogen and oxygen atoms in total. The highest BCUT2D eigenvalue weighted by Gasteiger charge is 2.16. The first kappa shape index (κ1) is 8.04. The van der Waals surface area contributed by atoms with E-state index < -0.39 is 0 Å². The zero-order valence-electron chi connectivity index (χ0n) is 7.33. The Hall–Kier alpha value is -1.58. The van der Waals surface area contributed by atoms with Crippen LogP contribution in [0.15, 0.2) is 17.4 Å². The Morgan fingerprint density at radius 1 is 1.69 bits per heavy atom. The second-order valence-corrected chi connectivity index (χ2v) is 2.87. The highest BCUT2D eigenvalue weighted by molar-refractivity contribution is 5.64. The van der Waals surface area contributed by atoms with Gasteiger partial charge in [-0.05, 0) is 6.42 Å². The fourth-order valence-electron chi connectivity index (χ4n) is 1.37. The fraction of sp³-hybridized carbons (Fsp3) is 0.333. The SMILES string of the molecule is CCC1=COCc2c1nc[nH]c2=O. The van der Waals surface area contributed by atoms with Gasteiger partial charge < -0.3 is 9.72 Å². The molecule has 4 heteroatoms. The molecule has 2 heterocycles. The number of allylic oxidation sites excluding steroid dienone is 1. The van der Waals surface area contributed by atoms with Crippen LogP contribution in [0.2, 0.25) is 0 Å². The third kappa shape index (κ3) is 1.24. The van der Waals surface area contributed by atoms with E-state index in [1.54, 1.807) is 6.26 Å². The van der Waals surface area contributed by atoms with Crippen molar-refractivity contribution in [3.63, 3.8) is 0 Å². The van der Waals surface area contributed by atoms with Crippen molar-refractivity contribution in [2.24, 2.45) is 0 Å². The number of fused-ring (bicyclic) bond motifs is 1. The highest BCUT2D eigenvalue weighted by Crippen LogP contribution is 2.22. The van der Waals surface area contributed by atoms with Crippen molar-refractivity contribution in [2.75, 3.05) is 0 Å². The average Bonchev–Trinajstić information content (AvgIpc) is 2.18. The van der Waals surface area contributed by atoms with Gasteiger partial charge in [-0.2, -0.15) is 0 Å². The summed E-state index contributed by atoms with van der Waals surface area (Å²) in [6, 6.07) is 0. The lowest BCUT2D eigenvalue weighted by Crippen LogP contribution is -2.19. The van der Waals surface area contributed by atoms with Crippen LogP contribution >= 0.6 is 0 Å². The van der Waals surface area contributed by atoms with Gasteiger partial charge in [-0.3, -0.25) is 4.79 Å². The number of aromatic nitrogens is 2. The molecule has 1 aliphatic heterocycles. The van der Waals surface area contributed by atoms with Gasteiger partial charge in [0.2, 0.25) is 0 Å². The van der Waals surface area contributed by atoms with E-state index in [0.29, 0.717) is 12.2 Å². The van der Waals surface area contributed by atoms with Gasteiger partial charge in [-0.25, -0.2) is 4.98 Å². The quantitative estimate of drug-likeness (QED) is 0.699. The molecule has 0 fully saturated rings. The lowest BCUT2D eigenvalue weighted by Gasteiger charge is -2.14. The van der Waals surface area contributed by atoms with Gasteiger partial charge in [0.05, 0.1) is 23.8 Å². The van der Waals surface area contributed by atoms with Gasteiger partial charge in [0.25, 0.3) is 5.56 Å². The molecule has 1 aliphatic rings. The van der Waals surface area contributed by atoms with Crippen molar-refractivity contribution in [2.45, 2.75) is 20.0 Å². The maximum Gasteiger partial charge on any atom is 0.257 e. The highest BCUT2D eigenvalue weighted by atomic mass is 16.5. The minimum Gasteiger partial charge on any atom is -0.496 e. The van der Waals surface area contributed by atoms with Gasteiger partial charge in [-0.1, -0.05) is 6.92 Å². The van der Waals surface area contributed by atoms with E-state index >= 15 is 0 Å². The maximum atomic E-state index is 11.3. The topological polar surface area (TPSA) is 55.0 Å². The summed E-state index contributed by atoms with van der Waals surface area (Å²) in [7, 11) is 0. The lowest BCUT2D eigenvalue weighted by atomic mass is 10.1. The van der Waals surface area contributed by atoms with Crippen molar-refractivity contribution in [3.8, 4) is 0 Å². The molecule has 1 aromatic rings. The molecule has 0 aliphatic carbocycles. The molecule has 0 radical (unpaired) electrons. The fourth-order valence-corrected chi connectivity index (χ4v) is 1.37. The normalized spacial score (nSPS) is 14.4. The number of rotatable bonds is 1. The predicted molar refractivity (Wildman–Crippen MR) is 47.9 cm³/mol. The molecule has 68 valence electrons. The number of hydrogen-bond donors (Lipinski definition) is 1. The standard InChI is InChI=1S/C9H10N2O2/c1-2-6-3-13-4-7-8(6)10-5-11-9(7)12/h3,5H,2,4H2,1H3,(H,10,11,12). The predicted octanol–water partition coefficient (Wildman–Crippen LogP) is 1.05. The van der Waals surface area contributed by atoms with Crippen LogP contribution in [0, 0.1) is 0 Å². The number of hydrogen-bond acceptors (Lipinski definition) is 3. The van der Waals surface area contributed by atoms with Crippen molar-refractivity contribution < 1.29 is 4.74 Å². The molecule has 0 unspecified atom stereocenters. The minimum atomic E-state index is -0.107. The van der Waals surface area contributed by atoms with Crippen molar-refractivity contribution in [1.29, 1.82) is 0 Å². The van der Waals surface area contributed by atoms with Crippen LogP contribution in [0.4, 0.5) is 0 Å². The summed E-state index contributed by atoms with van der Waals surface area (Å²) in [5.74, 6) is 0. The number of ether oxygens (including phenoxy) is 1. The van der Waals surface area contributed by atoms with Crippen LogP contribution in [0.1, 0.15) is 24.6 Å². The number of aromatic amines is 1. The molecule has 1 aromatic heterocycles. The van der Waals surface area contributed by atoms with E-state index in [1.807, 2.05) is 6.92 Å². The molecule has 0 bridgehead atoms. The van der Waals surface area contributed by atoms with Gasteiger partial charge >= 0.3 is 0 Å². The summed E-state index contributed by atoms with van der Waals surface area (Å²) >= 11 is 0. The second kappa shape index (κ2) is 3.05. The largest absolute Gasteiger partial charge is 0.496 e. The molecule has 13 heavy (non-hydrogen) atoms. The Bertz CT molecular complexity index is 406. The third-order valence-electron chi connectivity index (χ3n) is 2.09. The summed E-state index contributed by atoms with van der Waals surface area (Å²) in [6.07, 6.45) is 3.92.